The van der Waals surface area contributed by atoms with Crippen LogP contribution in [-0.4, -0.2) is 21.6 Å². The van der Waals surface area contributed by atoms with Gasteiger partial charge in [0, 0.05) is 0 Å². The molecule has 0 aliphatic heterocycles. The van der Waals surface area contributed by atoms with Crippen molar-refractivity contribution >= 4 is 10.4 Å². The van der Waals surface area contributed by atoms with Crippen LogP contribution in [0.3, 0.4) is 0 Å². The zero-order valence-corrected chi connectivity index (χ0v) is 11.5. The summed E-state index contributed by atoms with van der Waals surface area (Å²) in [6.45, 7) is 3.39. The summed E-state index contributed by atoms with van der Waals surface area (Å²) in [4.78, 5) is 0. The van der Waals surface area contributed by atoms with Crippen LogP contribution in [0.1, 0.15) is 13.8 Å². The van der Waals surface area contributed by atoms with Gasteiger partial charge in [-0.1, -0.05) is 0 Å². The van der Waals surface area contributed by atoms with E-state index in [1.165, 1.54) is 0 Å². The third kappa shape index (κ3) is 11.8. The minimum Gasteiger partial charge on any atom is -1.00 e. The summed E-state index contributed by atoms with van der Waals surface area (Å²) < 4.78 is 29.2. The third-order valence-electron chi connectivity index (χ3n) is 0.524. The fourth-order valence-corrected chi connectivity index (χ4v) is 0.968. The molecule has 0 atom stereocenters. The van der Waals surface area contributed by atoms with Crippen molar-refractivity contribution in [2.45, 2.75) is 13.8 Å². The van der Waals surface area contributed by atoms with Crippen LogP contribution in [0.4, 0.5) is 0 Å². The first-order chi connectivity index (χ1) is 4.12. The Bertz CT molecular complexity index is 145. The van der Waals surface area contributed by atoms with Crippen molar-refractivity contribution in [3.05, 3.63) is 0 Å². The normalized spacial score (nSPS) is 9.64. The molecule has 0 aliphatic rings. The second-order valence-corrected chi connectivity index (χ2v) is 2.51. The summed E-state index contributed by atoms with van der Waals surface area (Å²) in [5, 5.41) is 0. The molecule has 0 N–H and O–H groups in total. The predicted octanol–water partition coefficient (Wildman–Crippen LogP) is -5.69. The fourth-order valence-electron chi connectivity index (χ4n) is 0.323. The van der Waals surface area contributed by atoms with Gasteiger partial charge in [-0.2, -0.15) is 8.42 Å². The van der Waals surface area contributed by atoms with Crippen molar-refractivity contribution in [2.24, 2.45) is 0 Å². The molecule has 0 rings (SSSR count). The molecule has 0 heterocycles. The molecule has 0 fully saturated rings. The monoisotopic (exact) mass is 228 g/mol. The van der Waals surface area contributed by atoms with Gasteiger partial charge in [0.2, 0.25) is 0 Å². The van der Waals surface area contributed by atoms with Crippen LogP contribution in [0.5, 0.6) is 0 Å². The maximum atomic E-state index is 10.4. The molecule has 11 heavy (non-hydrogen) atoms. The predicted molar refractivity (Wildman–Crippen MR) is 32.2 cm³/mol. The van der Waals surface area contributed by atoms with Crippen LogP contribution < -0.4 is 63.8 Å². The van der Waals surface area contributed by atoms with E-state index in [1.54, 1.807) is 13.8 Å². The van der Waals surface area contributed by atoms with Gasteiger partial charge >= 0.3 is 61.8 Å². The number of halogens is 1. The van der Waals surface area contributed by atoms with E-state index < -0.39 is 10.4 Å². The Morgan fingerprint density at radius 2 is 1.36 bits per heavy atom. The van der Waals surface area contributed by atoms with Gasteiger partial charge in [0.1, 0.15) is 0 Å². The third-order valence-corrected chi connectivity index (χ3v) is 1.57. The first-order valence-corrected chi connectivity index (χ1v) is 3.99. The Morgan fingerprint density at radius 1 is 1.09 bits per heavy atom. The molecule has 0 aromatic carbocycles. The summed E-state index contributed by atoms with van der Waals surface area (Å²) in [5.41, 5.74) is 0. The van der Waals surface area contributed by atoms with Crippen LogP contribution in [0.2, 0.25) is 0 Å². The second-order valence-electron chi connectivity index (χ2n) is 1.22. The second kappa shape index (κ2) is 9.88. The van der Waals surface area contributed by atoms with E-state index in [4.69, 9.17) is 0 Å². The van der Waals surface area contributed by atoms with Gasteiger partial charge in [-0.25, -0.2) is 8.37 Å². The smallest absolute Gasteiger partial charge is 1.00 e. The average molecular weight is 229 g/mol. The van der Waals surface area contributed by atoms with Crippen LogP contribution in [0, 0.1) is 0 Å². The molecule has 0 spiro atoms. The van der Waals surface area contributed by atoms with Gasteiger partial charge < -0.3 is 12.4 Å². The molecule has 0 aromatic heterocycles. The molecule has 0 bridgehead atoms. The number of hydrogen-bond donors (Lipinski definition) is 0. The van der Waals surface area contributed by atoms with Crippen molar-refractivity contribution in [1.82, 2.24) is 0 Å². The quantitative estimate of drug-likeness (QED) is 0.450. The molecular weight excluding hydrogens is 219 g/mol. The largest absolute Gasteiger partial charge is 1.00 e. The molecule has 0 radical (unpaired) electrons. The minimum absolute atomic E-state index is 0. The van der Waals surface area contributed by atoms with Crippen LogP contribution >= 0.6 is 0 Å². The molecule has 0 unspecified atom stereocenters. The standard InChI is InChI=1S/C4H10O4S.ClH.K/c1-3-7-9(5,6)8-4-2;;/h3-4H2,1-2H3;1H;/q;;+1/p-1. The molecule has 0 saturated carbocycles. The van der Waals surface area contributed by atoms with Gasteiger partial charge in [0.05, 0.1) is 13.2 Å². The van der Waals surface area contributed by atoms with E-state index in [0.717, 1.165) is 0 Å². The Labute approximate surface area is 116 Å². The van der Waals surface area contributed by atoms with Crippen molar-refractivity contribution < 1.29 is 80.6 Å². The van der Waals surface area contributed by atoms with Gasteiger partial charge in [-0.15, -0.1) is 0 Å². The van der Waals surface area contributed by atoms with Gasteiger partial charge in [-0.05, 0) is 13.8 Å². The van der Waals surface area contributed by atoms with Crippen LogP contribution in [-0.2, 0) is 18.8 Å². The maximum Gasteiger partial charge on any atom is 1.00 e. The van der Waals surface area contributed by atoms with Gasteiger partial charge in [-0.3, -0.25) is 0 Å². The number of rotatable bonds is 4. The molecule has 64 valence electrons. The molecule has 0 amide bonds. The SMILES string of the molecule is CCOS(=O)(=O)OCC.[Cl-].[K+]. The van der Waals surface area contributed by atoms with Crippen molar-refractivity contribution in [3.8, 4) is 0 Å². The summed E-state index contributed by atoms with van der Waals surface area (Å²) in [6, 6.07) is 0. The van der Waals surface area contributed by atoms with E-state index in [-0.39, 0.29) is 77.0 Å². The summed E-state index contributed by atoms with van der Waals surface area (Å²) in [5.74, 6) is 0. The van der Waals surface area contributed by atoms with E-state index >= 15 is 0 Å². The Balaban J connectivity index is -0.000000320. The summed E-state index contributed by atoms with van der Waals surface area (Å²) in [6.07, 6.45) is 0. The van der Waals surface area contributed by atoms with E-state index in [2.05, 4.69) is 8.37 Å². The summed E-state index contributed by atoms with van der Waals surface area (Å²) in [7, 11) is -3.68. The van der Waals surface area contributed by atoms with Crippen molar-refractivity contribution in [2.75, 3.05) is 13.2 Å². The Kier molecular flexibility index (Phi) is 16.7. The Hall–Kier alpha value is 1.80. The molecule has 0 saturated heterocycles. The molecule has 0 aromatic rings. The zero-order chi connectivity index (χ0) is 7.33. The maximum absolute atomic E-state index is 10.4. The molecule has 0 aliphatic carbocycles. The first-order valence-electron chi connectivity index (χ1n) is 2.66. The molecule has 4 nitrogen and oxygen atoms in total. The Morgan fingerprint density at radius 3 is 1.55 bits per heavy atom. The first kappa shape index (κ1) is 18.6. The van der Waals surface area contributed by atoms with E-state index in [1.807, 2.05) is 0 Å². The fraction of sp³-hybridized carbons (Fsp3) is 1.00. The minimum atomic E-state index is -3.68. The average Bonchev–Trinajstić information content (AvgIpc) is 1.64. The molecular formula is C4H10ClKO4S. The van der Waals surface area contributed by atoms with E-state index in [0.29, 0.717) is 0 Å². The topological polar surface area (TPSA) is 52.6 Å². The van der Waals surface area contributed by atoms with Gasteiger partial charge in [0.25, 0.3) is 0 Å². The van der Waals surface area contributed by atoms with Crippen molar-refractivity contribution in [3.63, 3.8) is 0 Å². The van der Waals surface area contributed by atoms with Gasteiger partial charge in [0.15, 0.2) is 0 Å². The van der Waals surface area contributed by atoms with Crippen molar-refractivity contribution in [1.29, 1.82) is 0 Å². The zero-order valence-electron chi connectivity index (χ0n) is 6.83. The molecule has 7 heteroatoms. The van der Waals surface area contributed by atoms with Crippen LogP contribution in [0.25, 0.3) is 0 Å². The van der Waals surface area contributed by atoms with Crippen LogP contribution in [0.15, 0.2) is 0 Å². The van der Waals surface area contributed by atoms with E-state index in [9.17, 15) is 8.42 Å². The summed E-state index contributed by atoms with van der Waals surface area (Å²) >= 11 is 0. The number of hydrogen-bond acceptors (Lipinski definition) is 4.